The molecule has 0 unspecified atom stereocenters. The van der Waals surface area contributed by atoms with Crippen LogP contribution in [-0.2, 0) is 11.3 Å². The minimum absolute atomic E-state index is 0.291. The predicted molar refractivity (Wildman–Crippen MR) is 137 cm³/mol. The lowest BCUT2D eigenvalue weighted by Crippen LogP contribution is -2.27. The van der Waals surface area contributed by atoms with Crippen molar-refractivity contribution in [2.45, 2.75) is 39.7 Å². The van der Waals surface area contributed by atoms with Crippen LogP contribution in [0, 0.1) is 13.8 Å². The van der Waals surface area contributed by atoms with Gasteiger partial charge in [0.1, 0.15) is 0 Å². The average molecular weight is 456 g/mol. The summed E-state index contributed by atoms with van der Waals surface area (Å²) in [5.74, 6) is 0.291. The van der Waals surface area contributed by atoms with Gasteiger partial charge in [0.15, 0.2) is 4.80 Å². The second-order valence-electron chi connectivity index (χ2n) is 8.88. The molecule has 0 bridgehead atoms. The summed E-state index contributed by atoms with van der Waals surface area (Å²) in [6.45, 7) is 6.75. The summed E-state index contributed by atoms with van der Waals surface area (Å²) in [5.41, 5.74) is 5.84. The van der Waals surface area contributed by atoms with E-state index in [0.717, 1.165) is 43.0 Å². The SMILES string of the molecule is Cc1cc(C)cc(N=c2scc(-c3cccc4ccccc34)n2CCCN2CCCC2=O)c1. The largest absolute Gasteiger partial charge is 0.343 e. The molecule has 1 fully saturated rings. The predicted octanol–water partition coefficient (Wildman–Crippen LogP) is 6.23. The Morgan fingerprint density at radius 1 is 0.970 bits per heavy atom. The molecule has 0 aliphatic carbocycles. The van der Waals surface area contributed by atoms with Crippen LogP contribution in [-0.4, -0.2) is 28.5 Å². The van der Waals surface area contributed by atoms with Crippen LogP contribution in [0.5, 0.6) is 0 Å². The standard InChI is InChI=1S/C28H29N3OS/c1-20-16-21(2)18-23(17-20)29-28-31(15-7-14-30-13-6-12-27(30)32)26(19-33-28)25-11-5-9-22-8-3-4-10-24(22)25/h3-5,8-11,16-19H,6-7,12-15H2,1-2H3. The molecule has 1 aliphatic rings. The normalized spacial score (nSPS) is 14.5. The van der Waals surface area contributed by atoms with Gasteiger partial charge in [-0.15, -0.1) is 11.3 Å². The minimum atomic E-state index is 0.291. The van der Waals surface area contributed by atoms with Crippen molar-refractivity contribution in [1.29, 1.82) is 0 Å². The zero-order valence-corrected chi connectivity index (χ0v) is 20.1. The summed E-state index contributed by atoms with van der Waals surface area (Å²) >= 11 is 1.69. The number of carbonyl (C=O) groups is 1. The van der Waals surface area contributed by atoms with Crippen LogP contribution < -0.4 is 4.80 Å². The molecule has 1 saturated heterocycles. The molecule has 1 aliphatic heterocycles. The Balaban J connectivity index is 1.57. The van der Waals surface area contributed by atoms with Gasteiger partial charge >= 0.3 is 0 Å². The van der Waals surface area contributed by atoms with Crippen LogP contribution >= 0.6 is 11.3 Å². The van der Waals surface area contributed by atoms with Gasteiger partial charge in [0.05, 0.1) is 11.4 Å². The van der Waals surface area contributed by atoms with Crippen LogP contribution in [0.3, 0.4) is 0 Å². The second-order valence-corrected chi connectivity index (χ2v) is 9.71. The highest BCUT2D eigenvalue weighted by Gasteiger charge is 2.19. The second kappa shape index (κ2) is 9.36. The van der Waals surface area contributed by atoms with Crippen LogP contribution in [0.1, 0.15) is 30.4 Å². The maximum atomic E-state index is 12.1. The summed E-state index contributed by atoms with van der Waals surface area (Å²) in [4.78, 5) is 20.1. The summed E-state index contributed by atoms with van der Waals surface area (Å²) in [7, 11) is 0. The third-order valence-corrected chi connectivity index (χ3v) is 7.14. The van der Waals surface area contributed by atoms with Gasteiger partial charge in [-0.25, -0.2) is 4.99 Å². The van der Waals surface area contributed by atoms with Crippen molar-refractivity contribution in [3.63, 3.8) is 0 Å². The van der Waals surface area contributed by atoms with E-state index in [2.05, 4.69) is 84.5 Å². The molecule has 0 saturated carbocycles. The molecule has 0 spiro atoms. The van der Waals surface area contributed by atoms with Crippen molar-refractivity contribution in [1.82, 2.24) is 9.47 Å². The lowest BCUT2D eigenvalue weighted by atomic mass is 10.0. The number of fused-ring (bicyclic) bond motifs is 1. The number of thiazole rings is 1. The van der Waals surface area contributed by atoms with Crippen molar-refractivity contribution < 1.29 is 4.79 Å². The number of hydrogen-bond donors (Lipinski definition) is 0. The molecule has 2 heterocycles. The van der Waals surface area contributed by atoms with E-state index in [9.17, 15) is 4.79 Å². The molecule has 1 aromatic heterocycles. The maximum Gasteiger partial charge on any atom is 0.222 e. The van der Waals surface area contributed by atoms with Gasteiger partial charge in [0.25, 0.3) is 0 Å². The van der Waals surface area contributed by atoms with Crippen LogP contribution in [0.4, 0.5) is 5.69 Å². The van der Waals surface area contributed by atoms with Crippen molar-refractivity contribution >= 4 is 33.7 Å². The van der Waals surface area contributed by atoms with E-state index in [4.69, 9.17) is 4.99 Å². The minimum Gasteiger partial charge on any atom is -0.343 e. The van der Waals surface area contributed by atoms with Gasteiger partial charge in [-0.2, -0.15) is 0 Å². The highest BCUT2D eigenvalue weighted by Crippen LogP contribution is 2.29. The highest BCUT2D eigenvalue weighted by atomic mass is 32.1. The van der Waals surface area contributed by atoms with E-state index in [1.165, 1.54) is 33.2 Å². The molecular weight excluding hydrogens is 426 g/mol. The Morgan fingerprint density at radius 3 is 2.55 bits per heavy atom. The third kappa shape index (κ3) is 4.64. The van der Waals surface area contributed by atoms with Gasteiger partial charge in [0, 0.05) is 37.0 Å². The molecule has 4 aromatic rings. The average Bonchev–Trinajstić information content (AvgIpc) is 3.39. The summed E-state index contributed by atoms with van der Waals surface area (Å²) in [6, 6.07) is 21.5. The van der Waals surface area contributed by atoms with Gasteiger partial charge in [0.2, 0.25) is 5.91 Å². The Kier molecular flexibility index (Phi) is 6.14. The molecule has 0 atom stereocenters. The number of aryl methyl sites for hydroxylation is 2. The highest BCUT2D eigenvalue weighted by molar-refractivity contribution is 7.07. The van der Waals surface area contributed by atoms with E-state index in [1.807, 2.05) is 4.90 Å². The van der Waals surface area contributed by atoms with Crippen LogP contribution in [0.2, 0.25) is 0 Å². The van der Waals surface area contributed by atoms with Crippen molar-refractivity contribution in [2.24, 2.45) is 4.99 Å². The van der Waals surface area contributed by atoms with Crippen LogP contribution in [0.15, 0.2) is 71.0 Å². The van der Waals surface area contributed by atoms with Crippen molar-refractivity contribution in [3.05, 3.63) is 82.0 Å². The van der Waals surface area contributed by atoms with E-state index in [-0.39, 0.29) is 0 Å². The van der Waals surface area contributed by atoms with Crippen molar-refractivity contribution in [2.75, 3.05) is 13.1 Å². The zero-order chi connectivity index (χ0) is 22.8. The molecular formula is C28H29N3OS. The molecule has 5 heteroatoms. The lowest BCUT2D eigenvalue weighted by Gasteiger charge is -2.16. The van der Waals surface area contributed by atoms with E-state index >= 15 is 0 Å². The summed E-state index contributed by atoms with van der Waals surface area (Å²) < 4.78 is 2.34. The molecule has 0 radical (unpaired) electrons. The summed E-state index contributed by atoms with van der Waals surface area (Å²) in [6.07, 6.45) is 2.60. The molecule has 5 rings (SSSR count). The van der Waals surface area contributed by atoms with E-state index < -0.39 is 0 Å². The maximum absolute atomic E-state index is 12.1. The Morgan fingerprint density at radius 2 is 1.76 bits per heavy atom. The number of carbonyl (C=O) groups excluding carboxylic acids is 1. The number of amides is 1. The van der Waals surface area contributed by atoms with Gasteiger partial charge in [-0.05, 0) is 60.7 Å². The first-order valence-corrected chi connectivity index (χ1v) is 12.5. The number of aromatic nitrogens is 1. The van der Waals surface area contributed by atoms with Crippen molar-refractivity contribution in [3.8, 4) is 11.3 Å². The van der Waals surface area contributed by atoms with Gasteiger partial charge in [-0.3, -0.25) is 4.79 Å². The van der Waals surface area contributed by atoms with Gasteiger partial charge in [-0.1, -0.05) is 48.5 Å². The number of benzene rings is 3. The van der Waals surface area contributed by atoms with E-state index in [0.29, 0.717) is 12.3 Å². The summed E-state index contributed by atoms with van der Waals surface area (Å²) in [5, 5.41) is 4.71. The number of hydrogen-bond acceptors (Lipinski definition) is 3. The van der Waals surface area contributed by atoms with Crippen LogP contribution in [0.25, 0.3) is 22.0 Å². The molecule has 0 N–H and O–H groups in total. The van der Waals surface area contributed by atoms with Gasteiger partial charge < -0.3 is 9.47 Å². The number of nitrogens with zero attached hydrogens (tertiary/aromatic N) is 3. The first-order valence-electron chi connectivity index (χ1n) is 11.7. The fraction of sp³-hybridized carbons (Fsp3) is 0.286. The molecule has 3 aromatic carbocycles. The molecule has 33 heavy (non-hydrogen) atoms. The Bertz CT molecular complexity index is 1360. The molecule has 1 amide bonds. The number of rotatable bonds is 6. The fourth-order valence-corrected chi connectivity index (χ4v) is 5.73. The zero-order valence-electron chi connectivity index (χ0n) is 19.3. The fourth-order valence-electron chi connectivity index (χ4n) is 4.79. The first-order chi connectivity index (χ1) is 16.1. The smallest absolute Gasteiger partial charge is 0.222 e. The lowest BCUT2D eigenvalue weighted by molar-refractivity contribution is -0.127. The van der Waals surface area contributed by atoms with E-state index in [1.54, 1.807) is 11.3 Å². The number of likely N-dealkylation sites (tertiary alicyclic amines) is 1. The first kappa shape index (κ1) is 21.7. The topological polar surface area (TPSA) is 37.6 Å². The quantitative estimate of drug-likeness (QED) is 0.339. The Hall–Kier alpha value is -3.18. The Labute approximate surface area is 198 Å². The molecule has 4 nitrogen and oxygen atoms in total. The third-order valence-electron chi connectivity index (χ3n) is 6.28. The molecule has 168 valence electrons. The monoisotopic (exact) mass is 455 g/mol.